The Hall–Kier alpha value is -3.00. The number of rotatable bonds is 7. The van der Waals surface area contributed by atoms with Crippen molar-refractivity contribution in [2.75, 3.05) is 6.54 Å². The number of aliphatic imine (C=N–C) groups is 1. The van der Waals surface area contributed by atoms with E-state index in [4.69, 9.17) is 20.7 Å². The Bertz CT molecular complexity index is 676. The van der Waals surface area contributed by atoms with E-state index in [-0.39, 0.29) is 0 Å². The zero-order valence-corrected chi connectivity index (χ0v) is 13.1. The number of aromatic nitrogens is 1. The number of hydrogen-bond acceptors (Lipinski definition) is 6. The van der Waals surface area contributed by atoms with Gasteiger partial charge in [-0.3, -0.25) is 10.4 Å². The third-order valence-corrected chi connectivity index (χ3v) is 2.87. The molecule has 0 aliphatic carbocycles. The molecule has 0 amide bonds. The Labute approximate surface area is 139 Å². The third-order valence-electron chi connectivity index (χ3n) is 2.87. The molecule has 0 aliphatic heterocycles. The molecule has 6 N–H and O–H groups in total. The van der Waals surface area contributed by atoms with Crippen LogP contribution < -0.4 is 11.5 Å². The van der Waals surface area contributed by atoms with E-state index >= 15 is 0 Å². The number of carboxylic acids is 1. The summed E-state index contributed by atoms with van der Waals surface area (Å²) in [7, 11) is 0. The van der Waals surface area contributed by atoms with Crippen molar-refractivity contribution in [3.63, 3.8) is 0 Å². The van der Waals surface area contributed by atoms with Crippen LogP contribution in [0.2, 0.25) is 0 Å². The summed E-state index contributed by atoms with van der Waals surface area (Å²) >= 11 is 0. The van der Waals surface area contributed by atoms with E-state index in [1.165, 1.54) is 6.21 Å². The Balaban J connectivity index is 0.000000891. The molecule has 2 rings (SSSR count). The first-order valence-corrected chi connectivity index (χ1v) is 7.31. The maximum Gasteiger partial charge on any atom is 0.328 e. The summed E-state index contributed by atoms with van der Waals surface area (Å²) < 4.78 is 5.49. The second-order valence-corrected chi connectivity index (χ2v) is 4.63. The van der Waals surface area contributed by atoms with E-state index in [1.807, 2.05) is 24.3 Å². The zero-order valence-electron chi connectivity index (χ0n) is 13.1. The highest BCUT2D eigenvalue weighted by Gasteiger charge is 2.13. The van der Waals surface area contributed by atoms with Crippen LogP contribution in [0.1, 0.15) is 18.7 Å². The number of hydrogen-bond donors (Lipinski definition) is 4. The smallest absolute Gasteiger partial charge is 0.328 e. The molecule has 2 aromatic rings. The minimum Gasteiger partial charge on any atom is -0.480 e. The maximum absolute atomic E-state index is 11.0. The van der Waals surface area contributed by atoms with Crippen LogP contribution in [0.25, 0.3) is 17.2 Å². The van der Waals surface area contributed by atoms with Gasteiger partial charge in [0.05, 0.1) is 6.34 Å². The monoisotopic (exact) mass is 331 g/mol. The summed E-state index contributed by atoms with van der Waals surface area (Å²) in [5.41, 5.74) is 11.2. The number of benzene rings is 1. The van der Waals surface area contributed by atoms with E-state index in [0.717, 1.165) is 11.9 Å². The van der Waals surface area contributed by atoms with Gasteiger partial charge in [0.2, 0.25) is 5.89 Å². The average molecular weight is 331 g/mol. The molecule has 1 atom stereocenters. The van der Waals surface area contributed by atoms with E-state index in [9.17, 15) is 4.79 Å². The van der Waals surface area contributed by atoms with Gasteiger partial charge in [0.1, 0.15) is 11.6 Å². The first kappa shape index (κ1) is 19.0. The first-order valence-electron chi connectivity index (χ1n) is 7.31. The summed E-state index contributed by atoms with van der Waals surface area (Å²) in [5.74, 6) is -0.494. The van der Waals surface area contributed by atoms with Crippen molar-refractivity contribution in [2.24, 2.45) is 16.5 Å². The molecular weight excluding hydrogens is 310 g/mol. The van der Waals surface area contributed by atoms with Gasteiger partial charge in [-0.15, -0.1) is 0 Å². The molecule has 0 radical (unpaired) electrons. The van der Waals surface area contributed by atoms with Gasteiger partial charge < -0.3 is 21.0 Å². The quantitative estimate of drug-likeness (QED) is 0.447. The van der Waals surface area contributed by atoms with Gasteiger partial charge in [-0.1, -0.05) is 12.1 Å². The molecule has 1 unspecified atom stereocenters. The summed E-state index contributed by atoms with van der Waals surface area (Å²) in [5, 5.41) is 14.9. The van der Waals surface area contributed by atoms with E-state index in [2.05, 4.69) is 15.7 Å². The molecule has 0 fully saturated rings. The predicted molar refractivity (Wildman–Crippen MR) is 94.2 cm³/mol. The highest BCUT2D eigenvalue weighted by atomic mass is 16.4. The summed E-state index contributed by atoms with van der Waals surface area (Å²) in [6.07, 6.45) is 6.51. The molecule has 0 aliphatic rings. The number of nitrogens with zero attached hydrogens (tertiary/aromatic N) is 2. The highest BCUT2D eigenvalue weighted by molar-refractivity contribution is 5.82. The molecule has 1 aromatic carbocycles. The third kappa shape index (κ3) is 6.41. The largest absolute Gasteiger partial charge is 0.480 e. The van der Waals surface area contributed by atoms with Crippen molar-refractivity contribution in [3.05, 3.63) is 36.2 Å². The van der Waals surface area contributed by atoms with Crippen LogP contribution in [0.4, 0.5) is 0 Å². The van der Waals surface area contributed by atoms with Crippen LogP contribution >= 0.6 is 0 Å². The van der Waals surface area contributed by atoms with E-state index in [0.29, 0.717) is 30.9 Å². The van der Waals surface area contributed by atoms with Crippen LogP contribution in [0.5, 0.6) is 0 Å². The van der Waals surface area contributed by atoms with E-state index in [1.54, 1.807) is 12.2 Å². The number of allylic oxidation sites excluding steroid dienone is 1. The topological polar surface area (TPSA) is 152 Å². The standard InChI is InChI=1S/C15H17N3O3.CH4N2/c16-9-3-6-12(15(19)20)17-10-4-8-14-18-11-5-1-2-7-13(11)21-14;2-1-3/h1-2,4-5,7-8,10,12H,3,6,9,16H2,(H,19,20);1H,(H3,2,3)/b8-4+,17-10?;. The van der Waals surface area contributed by atoms with Gasteiger partial charge in [0.25, 0.3) is 0 Å². The fraction of sp³-hybridized carbons (Fsp3) is 0.250. The molecule has 0 saturated heterocycles. The van der Waals surface area contributed by atoms with Gasteiger partial charge in [0, 0.05) is 12.3 Å². The number of carbonyl (C=O) groups is 1. The lowest BCUT2D eigenvalue weighted by Crippen LogP contribution is -2.19. The summed E-state index contributed by atoms with van der Waals surface area (Å²) in [4.78, 5) is 19.2. The lowest BCUT2D eigenvalue weighted by atomic mass is 10.1. The Morgan fingerprint density at radius 1 is 1.46 bits per heavy atom. The van der Waals surface area contributed by atoms with Crippen molar-refractivity contribution in [3.8, 4) is 0 Å². The second kappa shape index (κ2) is 10.7. The number of carboxylic acid groups (broad SMARTS) is 1. The number of para-hydroxylation sites is 2. The Morgan fingerprint density at radius 2 is 2.17 bits per heavy atom. The molecule has 128 valence electrons. The Kier molecular flexibility index (Phi) is 8.48. The van der Waals surface area contributed by atoms with Crippen molar-refractivity contribution >= 4 is 35.7 Å². The van der Waals surface area contributed by atoms with Crippen LogP contribution in [0, 0.1) is 5.41 Å². The van der Waals surface area contributed by atoms with Gasteiger partial charge in [-0.05, 0) is 37.6 Å². The summed E-state index contributed by atoms with van der Waals surface area (Å²) in [6.45, 7) is 0.456. The van der Waals surface area contributed by atoms with Gasteiger partial charge >= 0.3 is 5.97 Å². The highest BCUT2D eigenvalue weighted by Crippen LogP contribution is 2.15. The van der Waals surface area contributed by atoms with Gasteiger partial charge in [-0.2, -0.15) is 0 Å². The Morgan fingerprint density at radius 3 is 2.79 bits per heavy atom. The minimum atomic E-state index is -0.949. The molecule has 8 heteroatoms. The SMILES string of the molecule is N=CN.NCCCC(N=C/C=C/c1nc2ccccc2o1)C(=O)O. The molecular formula is C16H21N5O3. The van der Waals surface area contributed by atoms with Crippen LogP contribution in [-0.4, -0.2) is 41.2 Å². The second-order valence-electron chi connectivity index (χ2n) is 4.63. The molecule has 0 bridgehead atoms. The molecule has 24 heavy (non-hydrogen) atoms. The molecule has 8 nitrogen and oxygen atoms in total. The van der Waals surface area contributed by atoms with Crippen molar-refractivity contribution < 1.29 is 14.3 Å². The number of nitrogens with one attached hydrogen (secondary N) is 1. The lowest BCUT2D eigenvalue weighted by Gasteiger charge is -2.04. The number of oxazole rings is 1. The normalized spacial score (nSPS) is 12.2. The van der Waals surface area contributed by atoms with Crippen LogP contribution in [0.15, 0.2) is 39.8 Å². The number of aliphatic carboxylic acids is 1. The van der Waals surface area contributed by atoms with Crippen molar-refractivity contribution in [1.29, 1.82) is 5.41 Å². The van der Waals surface area contributed by atoms with Crippen LogP contribution in [-0.2, 0) is 4.79 Å². The summed E-state index contributed by atoms with van der Waals surface area (Å²) in [6, 6.07) is 6.69. The molecule has 0 spiro atoms. The molecule has 0 saturated carbocycles. The average Bonchev–Trinajstić information content (AvgIpc) is 2.97. The minimum absolute atomic E-state index is 0.430. The lowest BCUT2D eigenvalue weighted by molar-refractivity contribution is -0.138. The van der Waals surface area contributed by atoms with Crippen LogP contribution in [0.3, 0.4) is 0 Å². The first-order chi connectivity index (χ1) is 11.6. The fourth-order valence-corrected chi connectivity index (χ4v) is 1.81. The van der Waals surface area contributed by atoms with Crippen molar-refractivity contribution in [2.45, 2.75) is 18.9 Å². The predicted octanol–water partition coefficient (Wildman–Crippen LogP) is 1.66. The molecule has 1 heterocycles. The van der Waals surface area contributed by atoms with Gasteiger partial charge in [-0.25, -0.2) is 9.78 Å². The van der Waals surface area contributed by atoms with E-state index < -0.39 is 12.0 Å². The van der Waals surface area contributed by atoms with Crippen molar-refractivity contribution in [1.82, 2.24) is 4.98 Å². The zero-order chi connectivity index (χ0) is 17.8. The van der Waals surface area contributed by atoms with Gasteiger partial charge in [0.15, 0.2) is 5.58 Å². The molecule has 1 aromatic heterocycles. The maximum atomic E-state index is 11.0. The number of fused-ring (bicyclic) bond motifs is 1. The fourth-order valence-electron chi connectivity index (χ4n) is 1.81. The number of nitrogens with two attached hydrogens (primary N) is 2.